The molecule has 1 atom stereocenters. The largest absolute Gasteiger partial charge is 0.397 e. The molecule has 0 amide bonds. The second-order valence-corrected chi connectivity index (χ2v) is 3.55. The van der Waals surface area contributed by atoms with Crippen LogP contribution in [0.3, 0.4) is 0 Å². The summed E-state index contributed by atoms with van der Waals surface area (Å²) in [7, 11) is 0. The first-order chi connectivity index (χ1) is 6.25. The number of pyridine rings is 1. The van der Waals surface area contributed by atoms with Gasteiger partial charge < -0.3 is 5.73 Å². The van der Waals surface area contributed by atoms with Crippen LogP contribution in [0, 0.1) is 0 Å². The number of hydrogen-bond donors (Lipinski definition) is 1. The Morgan fingerprint density at radius 1 is 1.54 bits per heavy atom. The lowest BCUT2D eigenvalue weighted by molar-refractivity contribution is 0.625. The number of nitrogens with two attached hydrogens (primary N) is 1. The summed E-state index contributed by atoms with van der Waals surface area (Å²) in [5, 5.41) is 0. The lowest BCUT2D eigenvalue weighted by atomic mass is 9.95. The lowest BCUT2D eigenvalue weighted by Crippen LogP contribution is -1.99. The molecule has 72 valence electrons. The van der Waals surface area contributed by atoms with Gasteiger partial charge in [0.15, 0.2) is 0 Å². The Kier molecular flexibility index (Phi) is 3.74. The van der Waals surface area contributed by atoms with Crippen LogP contribution in [0.2, 0.25) is 0 Å². The van der Waals surface area contributed by atoms with Gasteiger partial charge in [-0.25, -0.2) is 0 Å². The number of anilines is 1. The first kappa shape index (κ1) is 10.0. The summed E-state index contributed by atoms with van der Waals surface area (Å²) < 4.78 is 0. The van der Waals surface area contributed by atoms with Gasteiger partial charge in [-0.2, -0.15) is 0 Å². The first-order valence-corrected chi connectivity index (χ1v) is 4.95. The Morgan fingerprint density at radius 3 is 2.92 bits per heavy atom. The van der Waals surface area contributed by atoms with Gasteiger partial charge in [0, 0.05) is 6.20 Å². The quantitative estimate of drug-likeness (QED) is 0.769. The average Bonchev–Trinajstić information content (AvgIpc) is 2.15. The van der Waals surface area contributed by atoms with E-state index in [-0.39, 0.29) is 0 Å². The molecule has 0 saturated heterocycles. The predicted molar refractivity (Wildman–Crippen MR) is 56.6 cm³/mol. The van der Waals surface area contributed by atoms with E-state index < -0.39 is 0 Å². The Labute approximate surface area is 80.2 Å². The third-order valence-corrected chi connectivity index (χ3v) is 2.41. The van der Waals surface area contributed by atoms with Gasteiger partial charge >= 0.3 is 0 Å². The molecule has 1 rings (SSSR count). The van der Waals surface area contributed by atoms with Crippen molar-refractivity contribution in [1.29, 1.82) is 0 Å². The molecule has 2 nitrogen and oxygen atoms in total. The van der Waals surface area contributed by atoms with Crippen molar-refractivity contribution in [3.63, 3.8) is 0 Å². The van der Waals surface area contributed by atoms with E-state index in [1.54, 1.807) is 6.20 Å². The topological polar surface area (TPSA) is 38.9 Å². The van der Waals surface area contributed by atoms with E-state index >= 15 is 0 Å². The highest BCUT2D eigenvalue weighted by Crippen LogP contribution is 2.25. The molecule has 0 aliphatic heterocycles. The molecule has 1 unspecified atom stereocenters. The van der Waals surface area contributed by atoms with Crippen molar-refractivity contribution in [2.24, 2.45) is 0 Å². The van der Waals surface area contributed by atoms with Gasteiger partial charge in [0.05, 0.1) is 11.9 Å². The van der Waals surface area contributed by atoms with Crippen LogP contribution >= 0.6 is 0 Å². The zero-order chi connectivity index (χ0) is 9.68. The van der Waals surface area contributed by atoms with E-state index in [0.717, 1.165) is 5.69 Å². The fourth-order valence-corrected chi connectivity index (χ4v) is 1.53. The molecule has 1 aromatic heterocycles. The maximum Gasteiger partial charge on any atom is 0.0535 e. The summed E-state index contributed by atoms with van der Waals surface area (Å²) in [6.07, 6.45) is 7.27. The number of nitrogen functional groups attached to an aromatic ring is 1. The summed E-state index contributed by atoms with van der Waals surface area (Å²) in [5.74, 6) is 0.558. The van der Waals surface area contributed by atoms with Gasteiger partial charge in [-0.05, 0) is 24.0 Å². The molecule has 0 spiro atoms. The van der Waals surface area contributed by atoms with Crippen molar-refractivity contribution < 1.29 is 0 Å². The van der Waals surface area contributed by atoms with E-state index in [4.69, 9.17) is 5.73 Å². The Morgan fingerprint density at radius 2 is 2.31 bits per heavy atom. The van der Waals surface area contributed by atoms with Gasteiger partial charge in [0.2, 0.25) is 0 Å². The monoisotopic (exact) mass is 178 g/mol. The minimum atomic E-state index is 0.558. The lowest BCUT2D eigenvalue weighted by Gasteiger charge is -2.12. The maximum atomic E-state index is 5.83. The van der Waals surface area contributed by atoms with Crippen molar-refractivity contribution in [2.45, 2.75) is 39.0 Å². The smallest absolute Gasteiger partial charge is 0.0535 e. The molecular weight excluding hydrogens is 160 g/mol. The van der Waals surface area contributed by atoms with Crippen LogP contribution in [-0.4, -0.2) is 4.98 Å². The molecule has 0 aromatic carbocycles. The van der Waals surface area contributed by atoms with Gasteiger partial charge in [0.25, 0.3) is 0 Å². The Bertz CT molecular complexity index is 258. The molecule has 0 aliphatic carbocycles. The first-order valence-electron chi connectivity index (χ1n) is 4.95. The summed E-state index contributed by atoms with van der Waals surface area (Å²) in [6.45, 7) is 4.43. The van der Waals surface area contributed by atoms with Crippen molar-refractivity contribution in [3.8, 4) is 0 Å². The van der Waals surface area contributed by atoms with Gasteiger partial charge in [-0.15, -0.1) is 0 Å². The van der Waals surface area contributed by atoms with E-state index in [1.807, 2.05) is 12.3 Å². The minimum Gasteiger partial charge on any atom is -0.397 e. The van der Waals surface area contributed by atoms with Crippen LogP contribution in [0.15, 0.2) is 18.5 Å². The molecule has 1 heterocycles. The highest BCUT2D eigenvalue weighted by Gasteiger charge is 2.07. The van der Waals surface area contributed by atoms with Gasteiger partial charge in [-0.1, -0.05) is 26.7 Å². The third kappa shape index (κ3) is 2.72. The van der Waals surface area contributed by atoms with Crippen LogP contribution in [0.5, 0.6) is 0 Å². The zero-order valence-electron chi connectivity index (χ0n) is 8.46. The SMILES string of the molecule is CCCCC(C)c1ccncc1N. The van der Waals surface area contributed by atoms with Crippen LogP contribution in [0.25, 0.3) is 0 Å². The molecule has 2 N–H and O–H groups in total. The third-order valence-electron chi connectivity index (χ3n) is 2.41. The second kappa shape index (κ2) is 4.85. The predicted octanol–water partition coefficient (Wildman–Crippen LogP) is 2.96. The number of aromatic nitrogens is 1. The molecule has 0 aliphatic rings. The summed E-state index contributed by atoms with van der Waals surface area (Å²) in [5.41, 5.74) is 7.90. The number of unbranched alkanes of at least 4 members (excludes halogenated alkanes) is 1. The molecule has 0 bridgehead atoms. The number of hydrogen-bond acceptors (Lipinski definition) is 2. The molecule has 13 heavy (non-hydrogen) atoms. The maximum absolute atomic E-state index is 5.83. The van der Waals surface area contributed by atoms with Crippen LogP contribution in [-0.2, 0) is 0 Å². The average molecular weight is 178 g/mol. The minimum absolute atomic E-state index is 0.558. The van der Waals surface area contributed by atoms with Crippen molar-refractivity contribution >= 4 is 5.69 Å². The summed E-state index contributed by atoms with van der Waals surface area (Å²) >= 11 is 0. The highest BCUT2D eigenvalue weighted by atomic mass is 14.7. The van der Waals surface area contributed by atoms with Crippen molar-refractivity contribution in [3.05, 3.63) is 24.0 Å². The molecule has 1 aromatic rings. The van der Waals surface area contributed by atoms with Crippen LogP contribution in [0.1, 0.15) is 44.6 Å². The summed E-state index contributed by atoms with van der Waals surface area (Å²) in [4.78, 5) is 3.98. The Hall–Kier alpha value is -1.05. The van der Waals surface area contributed by atoms with Crippen LogP contribution < -0.4 is 5.73 Å². The van der Waals surface area contributed by atoms with Crippen molar-refractivity contribution in [2.75, 3.05) is 5.73 Å². The van der Waals surface area contributed by atoms with E-state index in [2.05, 4.69) is 18.8 Å². The van der Waals surface area contributed by atoms with E-state index in [9.17, 15) is 0 Å². The Balaban J connectivity index is 2.65. The molecule has 0 radical (unpaired) electrons. The number of nitrogens with zero attached hydrogens (tertiary/aromatic N) is 1. The fourth-order valence-electron chi connectivity index (χ4n) is 1.53. The normalized spacial score (nSPS) is 12.8. The highest BCUT2D eigenvalue weighted by molar-refractivity contribution is 5.45. The molecule has 0 fully saturated rings. The van der Waals surface area contributed by atoms with Crippen LogP contribution in [0.4, 0.5) is 5.69 Å². The molecule has 0 saturated carbocycles. The zero-order valence-corrected chi connectivity index (χ0v) is 8.46. The van der Waals surface area contributed by atoms with Crippen molar-refractivity contribution in [1.82, 2.24) is 4.98 Å². The molecular formula is C11H18N2. The molecule has 2 heteroatoms. The van der Waals surface area contributed by atoms with Gasteiger partial charge in [0.1, 0.15) is 0 Å². The standard InChI is InChI=1S/C11H18N2/c1-3-4-5-9(2)10-6-7-13-8-11(10)12/h6-9H,3-5,12H2,1-2H3. The van der Waals surface area contributed by atoms with Gasteiger partial charge in [-0.3, -0.25) is 4.98 Å². The summed E-state index contributed by atoms with van der Waals surface area (Å²) in [6, 6.07) is 2.02. The van der Waals surface area contributed by atoms with E-state index in [1.165, 1.54) is 24.8 Å². The van der Waals surface area contributed by atoms with E-state index in [0.29, 0.717) is 5.92 Å². The second-order valence-electron chi connectivity index (χ2n) is 3.55. The fraction of sp³-hybridized carbons (Fsp3) is 0.545. The number of rotatable bonds is 4.